The maximum atomic E-state index is 15.3. The van der Waals surface area contributed by atoms with Crippen molar-refractivity contribution in [3.8, 4) is 29.1 Å². The molecule has 0 amide bonds. The molecule has 0 heterocycles. The van der Waals surface area contributed by atoms with Crippen molar-refractivity contribution in [2.45, 2.75) is 53.4 Å². The minimum atomic E-state index is -0.557. The van der Waals surface area contributed by atoms with Crippen molar-refractivity contribution in [1.82, 2.24) is 0 Å². The average Bonchev–Trinajstić information content (AvgIpc) is 3.18. The zero-order valence-electron chi connectivity index (χ0n) is 32.1. The first kappa shape index (κ1) is 37.6. The van der Waals surface area contributed by atoms with E-state index >= 15 is 5.11 Å². The average molecular weight is 745 g/mol. The van der Waals surface area contributed by atoms with Crippen molar-refractivity contribution >= 4 is 44.1 Å². The molecule has 9 heteroatoms. The Balaban J connectivity index is 1.70. The zero-order chi connectivity index (χ0) is 39.8. The van der Waals surface area contributed by atoms with Crippen molar-refractivity contribution in [3.63, 3.8) is 0 Å². The molecule has 0 radical (unpaired) electrons. The molecule has 0 aliphatic heterocycles. The van der Waals surface area contributed by atoms with E-state index < -0.39 is 5.76 Å². The molecule has 0 atom stereocenters. The van der Waals surface area contributed by atoms with Crippen LogP contribution in [0.2, 0.25) is 0 Å². The largest absolute Gasteiger partial charge is 0.872 e. The molecule has 0 unspecified atom stereocenters. The maximum absolute atomic E-state index is 15.3. The number of anilines is 1. The van der Waals surface area contributed by atoms with E-state index in [9.17, 15) is 25.7 Å². The minimum absolute atomic E-state index is 0.00977. The first-order valence-corrected chi connectivity index (χ1v) is 19.3. The van der Waals surface area contributed by atoms with Gasteiger partial charge in [0.1, 0.15) is 36.1 Å². The number of phenolic OH excluding ortho intramolecular Hbond substituents is 4. The molecule has 0 saturated heterocycles. The monoisotopic (exact) mass is 744 g/mol. The van der Waals surface area contributed by atoms with Gasteiger partial charge in [0, 0.05) is 75.3 Å². The van der Waals surface area contributed by atoms with E-state index in [-0.39, 0.29) is 56.6 Å². The van der Waals surface area contributed by atoms with Crippen LogP contribution in [0.4, 0.5) is 5.69 Å². The van der Waals surface area contributed by atoms with E-state index in [2.05, 4.69) is 42.0 Å². The molecule has 0 spiro atoms. The zero-order valence-corrected chi connectivity index (χ0v) is 32.1. The number of hydrogen-bond acceptors (Lipinski definition) is 7. The first-order valence-electron chi connectivity index (χ1n) is 19.3. The molecule has 2 aliphatic carbocycles. The van der Waals surface area contributed by atoms with Crippen LogP contribution in [0.3, 0.4) is 0 Å². The number of nitrogens with zero attached hydrogens (tertiary/aromatic N) is 4. The molecule has 9 nitrogen and oxygen atoms in total. The molecule has 0 aromatic heterocycles. The summed E-state index contributed by atoms with van der Waals surface area (Å²) in [7, 11) is 0. The molecular formula is C47H44N4O5. The summed E-state index contributed by atoms with van der Waals surface area (Å²) in [5, 5.41) is 74.7. The Labute approximate surface area is 326 Å². The van der Waals surface area contributed by atoms with Crippen molar-refractivity contribution in [2.75, 3.05) is 31.1 Å². The quantitative estimate of drug-likeness (QED) is 0.0477. The van der Waals surface area contributed by atoms with Crippen molar-refractivity contribution in [3.05, 3.63) is 135 Å². The molecule has 2 aliphatic rings. The van der Waals surface area contributed by atoms with E-state index in [0.717, 1.165) is 37.1 Å². The van der Waals surface area contributed by atoms with Crippen LogP contribution in [-0.4, -0.2) is 56.9 Å². The summed E-state index contributed by atoms with van der Waals surface area (Å²) in [5.74, 6) is -1.08. The van der Waals surface area contributed by atoms with Gasteiger partial charge in [-0.15, -0.1) is 0 Å². The van der Waals surface area contributed by atoms with Gasteiger partial charge in [0.2, 0.25) is 5.71 Å². The van der Waals surface area contributed by atoms with E-state index in [4.69, 9.17) is 6.57 Å². The Morgan fingerprint density at radius 3 is 1.61 bits per heavy atom. The number of rotatable bonds is 10. The molecule has 4 N–H and O–H groups in total. The lowest BCUT2D eigenvalue weighted by Gasteiger charge is -2.41. The summed E-state index contributed by atoms with van der Waals surface area (Å²) in [6, 6.07) is 22.6. The fraction of sp³-hybridized carbons (Fsp3) is 0.255. The number of fused-ring (bicyclic) bond motifs is 4. The Morgan fingerprint density at radius 2 is 1.16 bits per heavy atom. The van der Waals surface area contributed by atoms with E-state index in [0.29, 0.717) is 70.0 Å². The lowest BCUT2D eigenvalue weighted by atomic mass is 9.68. The topological polar surface area (TPSA) is 138 Å². The molecule has 5 aromatic carbocycles. The van der Waals surface area contributed by atoms with Gasteiger partial charge in [-0.05, 0) is 60.4 Å². The number of aromatic hydroxyl groups is 4. The fourth-order valence-corrected chi connectivity index (χ4v) is 8.74. The number of benzene rings is 5. The Kier molecular flexibility index (Phi) is 10.2. The van der Waals surface area contributed by atoms with Gasteiger partial charge in [-0.2, -0.15) is 0 Å². The highest BCUT2D eigenvalue weighted by Gasteiger charge is 2.41. The van der Waals surface area contributed by atoms with Crippen LogP contribution in [0.1, 0.15) is 81.2 Å². The number of nitriles is 1. The van der Waals surface area contributed by atoms with Crippen LogP contribution >= 0.6 is 0 Å². The Bertz CT molecular complexity index is 2520. The second kappa shape index (κ2) is 15.2. The molecule has 7 rings (SSSR count). The minimum Gasteiger partial charge on any atom is -0.872 e. The second-order valence-electron chi connectivity index (χ2n) is 14.2. The number of phenols is 4. The van der Waals surface area contributed by atoms with Gasteiger partial charge in [0.25, 0.3) is 5.70 Å². The molecule has 0 saturated carbocycles. The summed E-state index contributed by atoms with van der Waals surface area (Å²) in [6.07, 6.45) is 3.37. The Hall–Kier alpha value is -6.71. The smallest absolute Gasteiger partial charge is 0.270 e. The van der Waals surface area contributed by atoms with Crippen LogP contribution in [0.5, 0.6) is 23.0 Å². The first-order chi connectivity index (χ1) is 27.2. The summed E-state index contributed by atoms with van der Waals surface area (Å²) >= 11 is 0. The normalized spacial score (nSPS) is 14.3. The van der Waals surface area contributed by atoms with Crippen LogP contribution in [-0.2, 0) is 0 Å². The Morgan fingerprint density at radius 1 is 0.679 bits per heavy atom. The third-order valence-corrected chi connectivity index (χ3v) is 10.7. The van der Waals surface area contributed by atoms with Gasteiger partial charge < -0.3 is 30.4 Å². The summed E-state index contributed by atoms with van der Waals surface area (Å²) in [4.78, 5) is 5.84. The van der Waals surface area contributed by atoms with Gasteiger partial charge in [0.05, 0.1) is 29.5 Å². The second-order valence-corrected chi connectivity index (χ2v) is 14.2. The SMILES string of the molecule is [C-]#[N+]/C(C#N)=C1\C(=C2c3c(O)cccc3C(=[N+](CCC)CCC)c3cccc(O)c32)C([O-])=C1c1c2c(O)cccc2c(N(CCC)CCC)c2cccc(O)c12. The van der Waals surface area contributed by atoms with E-state index in [1.165, 1.54) is 24.3 Å². The third-order valence-electron chi connectivity index (χ3n) is 10.7. The van der Waals surface area contributed by atoms with Gasteiger partial charge in [0.15, 0.2) is 0 Å². The van der Waals surface area contributed by atoms with Crippen LogP contribution in [0.25, 0.3) is 37.5 Å². The van der Waals surface area contributed by atoms with Gasteiger partial charge >= 0.3 is 0 Å². The molecule has 0 fully saturated rings. The molecule has 5 aromatic rings. The van der Waals surface area contributed by atoms with E-state index in [1.807, 2.05) is 30.3 Å². The predicted molar refractivity (Wildman–Crippen MR) is 220 cm³/mol. The summed E-state index contributed by atoms with van der Waals surface area (Å²) < 4.78 is 2.22. The molecule has 0 bridgehead atoms. The van der Waals surface area contributed by atoms with Crippen LogP contribution in [0.15, 0.2) is 95.4 Å². The van der Waals surface area contributed by atoms with E-state index in [1.54, 1.807) is 24.3 Å². The lowest BCUT2D eigenvalue weighted by Crippen LogP contribution is -2.31. The molecular weight excluding hydrogens is 701 g/mol. The van der Waals surface area contributed by atoms with Crippen LogP contribution in [0, 0.1) is 17.9 Å². The van der Waals surface area contributed by atoms with Crippen LogP contribution < -0.4 is 10.0 Å². The van der Waals surface area contributed by atoms with Gasteiger partial charge in [-0.3, -0.25) is 0 Å². The van der Waals surface area contributed by atoms with Crippen molar-refractivity contribution in [2.24, 2.45) is 0 Å². The molecule has 56 heavy (non-hydrogen) atoms. The maximum Gasteiger partial charge on any atom is 0.270 e. The highest BCUT2D eigenvalue weighted by molar-refractivity contribution is 6.27. The molecule has 282 valence electrons. The predicted octanol–water partition coefficient (Wildman–Crippen LogP) is 8.71. The number of allylic oxidation sites excluding steroid dienone is 3. The van der Waals surface area contributed by atoms with Gasteiger partial charge in [-0.1, -0.05) is 69.9 Å². The lowest BCUT2D eigenvalue weighted by molar-refractivity contribution is -0.527. The highest BCUT2D eigenvalue weighted by atomic mass is 16.3. The van der Waals surface area contributed by atoms with Crippen molar-refractivity contribution < 1.29 is 30.1 Å². The highest BCUT2D eigenvalue weighted by Crippen LogP contribution is 2.58. The fourth-order valence-electron chi connectivity index (χ4n) is 8.74. The standard InChI is InChI=1S/C47H44N4O5/c1-6-22-50(23-7-2)45-27-14-10-18-32(52)36(27)41(37-28(45)15-11-19-33(37)53)43-40(31(26-48)49-5)44(47(43)56)42-38-29(16-12-20-34(38)54)46(51(24-8-3)25-9-4)30-17-13-21-35(55)39(30)42/h10-21H,6-9,22-25H2,1-4H3,(H4-,52,53,54,55,56). The van der Waals surface area contributed by atoms with Gasteiger partial charge in [-0.25, -0.2) is 14.7 Å². The number of hydrogen-bond donors (Lipinski definition) is 4. The summed E-state index contributed by atoms with van der Waals surface area (Å²) in [5.41, 5.74) is 3.55. The third kappa shape index (κ3) is 5.70. The summed E-state index contributed by atoms with van der Waals surface area (Å²) in [6.45, 7) is 19.3. The van der Waals surface area contributed by atoms with Crippen molar-refractivity contribution in [1.29, 1.82) is 5.26 Å².